The van der Waals surface area contributed by atoms with Gasteiger partial charge < -0.3 is 20.4 Å². The fraction of sp³-hybridized carbons (Fsp3) is 0.471. The van der Waals surface area contributed by atoms with Crippen LogP contribution in [0.1, 0.15) is 19.5 Å². The monoisotopic (exact) mass is 393 g/mol. The van der Waals surface area contributed by atoms with Gasteiger partial charge in [0.1, 0.15) is 5.70 Å². The molecule has 138 valence electrons. The number of carboxylic acids is 1. The molecule has 7 nitrogen and oxygen atoms in total. The third-order valence-corrected chi connectivity index (χ3v) is 7.35. The number of nitrogens with one attached hydrogen (secondary N) is 1. The van der Waals surface area contributed by atoms with E-state index >= 15 is 0 Å². The van der Waals surface area contributed by atoms with Crippen LogP contribution in [0.4, 0.5) is 0 Å². The highest BCUT2D eigenvalue weighted by molar-refractivity contribution is 8.04. The number of amides is 1. The molecule has 4 atom stereocenters. The van der Waals surface area contributed by atoms with E-state index in [1.165, 1.54) is 28.0 Å². The number of aromatic nitrogens is 1. The average molecular weight is 393 g/mol. The molecule has 0 aliphatic carbocycles. The van der Waals surface area contributed by atoms with E-state index in [9.17, 15) is 19.8 Å². The van der Waals surface area contributed by atoms with Gasteiger partial charge in [0.15, 0.2) is 4.34 Å². The number of hydrogen-bond acceptors (Lipinski definition) is 7. The summed E-state index contributed by atoms with van der Waals surface area (Å²) in [5.74, 6) is -2.12. The van der Waals surface area contributed by atoms with Crippen molar-refractivity contribution in [2.45, 2.75) is 30.3 Å². The van der Waals surface area contributed by atoms with E-state index < -0.39 is 18.0 Å². The lowest BCUT2D eigenvalue weighted by Crippen LogP contribution is -2.63. The number of carbonyl (C=O) groups is 2. The number of β-lactam (4-membered cyclic amide) rings is 1. The van der Waals surface area contributed by atoms with E-state index in [2.05, 4.69) is 16.4 Å². The second-order valence-corrected chi connectivity index (χ2v) is 8.88. The summed E-state index contributed by atoms with van der Waals surface area (Å²) < 4.78 is 0.761. The van der Waals surface area contributed by atoms with Gasteiger partial charge in [-0.05, 0) is 12.5 Å². The summed E-state index contributed by atoms with van der Waals surface area (Å²) in [5.41, 5.74) is 2.09. The summed E-state index contributed by atoms with van der Waals surface area (Å²) in [4.78, 5) is 30.8. The number of aliphatic hydroxyl groups is 1. The fourth-order valence-corrected chi connectivity index (χ4v) is 5.99. The van der Waals surface area contributed by atoms with Gasteiger partial charge in [-0.2, -0.15) is 0 Å². The molecule has 0 spiro atoms. The molecule has 0 saturated carbocycles. The molecule has 1 aromatic heterocycles. The van der Waals surface area contributed by atoms with Crippen molar-refractivity contribution in [1.82, 2.24) is 15.2 Å². The van der Waals surface area contributed by atoms with E-state index in [4.69, 9.17) is 0 Å². The molecule has 0 radical (unpaired) electrons. The van der Waals surface area contributed by atoms with Crippen LogP contribution in [0, 0.1) is 11.8 Å². The van der Waals surface area contributed by atoms with Crippen molar-refractivity contribution in [3.05, 3.63) is 27.8 Å². The molecule has 0 aromatic carbocycles. The van der Waals surface area contributed by atoms with Gasteiger partial charge in [-0.25, -0.2) is 9.78 Å². The Balaban J connectivity index is 1.63. The van der Waals surface area contributed by atoms with Crippen LogP contribution in [0.2, 0.25) is 0 Å². The van der Waals surface area contributed by atoms with Crippen molar-refractivity contribution in [2.24, 2.45) is 11.8 Å². The number of rotatable bonds is 5. The molecule has 4 rings (SSSR count). The molecule has 26 heavy (non-hydrogen) atoms. The molecule has 4 heterocycles. The van der Waals surface area contributed by atoms with Crippen LogP contribution in [0.15, 0.2) is 26.4 Å². The second kappa shape index (κ2) is 6.49. The van der Waals surface area contributed by atoms with E-state index in [0.717, 1.165) is 28.7 Å². The minimum Gasteiger partial charge on any atom is -0.477 e. The molecule has 3 N–H and O–H groups in total. The van der Waals surface area contributed by atoms with E-state index in [1.807, 2.05) is 12.3 Å². The van der Waals surface area contributed by atoms with Crippen molar-refractivity contribution in [1.29, 1.82) is 0 Å². The molecule has 0 bridgehead atoms. The number of thioether (sulfide) groups is 1. The molecule has 1 fully saturated rings. The minimum absolute atomic E-state index is 0.0351. The first-order valence-electron chi connectivity index (χ1n) is 8.42. The maximum absolute atomic E-state index is 12.4. The Kier molecular flexibility index (Phi) is 4.42. The van der Waals surface area contributed by atoms with E-state index in [0.29, 0.717) is 4.91 Å². The minimum atomic E-state index is -1.11. The lowest BCUT2D eigenvalue weighted by atomic mass is 9.79. The van der Waals surface area contributed by atoms with Gasteiger partial charge in [-0.1, -0.05) is 24.8 Å². The molecular weight excluding hydrogens is 374 g/mol. The SMILES string of the molecule is C[C@@H](O)[C@H]1C(=O)N2C(C(=O)O)=C(Sc3nc(C4=CCNC4)cs3)[C@H](C)[C@H]12. The van der Waals surface area contributed by atoms with Gasteiger partial charge in [0.05, 0.1) is 23.8 Å². The molecule has 3 aliphatic heterocycles. The number of aliphatic carboxylic acids is 1. The Bertz CT molecular complexity index is 845. The summed E-state index contributed by atoms with van der Waals surface area (Å²) >= 11 is 2.79. The van der Waals surface area contributed by atoms with Crippen LogP contribution in [-0.4, -0.2) is 57.2 Å². The Morgan fingerprint density at radius 1 is 1.54 bits per heavy atom. The van der Waals surface area contributed by atoms with Crippen molar-refractivity contribution in [2.75, 3.05) is 13.1 Å². The van der Waals surface area contributed by atoms with Crippen molar-refractivity contribution in [3.63, 3.8) is 0 Å². The topological polar surface area (TPSA) is 103 Å². The number of thiazole rings is 1. The third kappa shape index (κ3) is 2.61. The number of nitrogens with zero attached hydrogens (tertiary/aromatic N) is 2. The lowest BCUT2D eigenvalue weighted by molar-refractivity contribution is -0.163. The number of aliphatic hydroxyl groups excluding tert-OH is 1. The molecule has 1 saturated heterocycles. The maximum Gasteiger partial charge on any atom is 0.353 e. The summed E-state index contributed by atoms with van der Waals surface area (Å²) in [5, 5.41) is 24.8. The van der Waals surface area contributed by atoms with E-state index in [1.54, 1.807) is 6.92 Å². The first-order valence-corrected chi connectivity index (χ1v) is 10.1. The van der Waals surface area contributed by atoms with Crippen LogP contribution >= 0.6 is 23.1 Å². The van der Waals surface area contributed by atoms with E-state index in [-0.39, 0.29) is 23.6 Å². The van der Waals surface area contributed by atoms with Crippen molar-refractivity contribution in [3.8, 4) is 0 Å². The lowest BCUT2D eigenvalue weighted by Gasteiger charge is -2.46. The number of carboxylic acid groups (broad SMARTS) is 1. The van der Waals surface area contributed by atoms with Crippen LogP contribution in [0.25, 0.3) is 5.57 Å². The van der Waals surface area contributed by atoms with Gasteiger partial charge in [0.2, 0.25) is 5.91 Å². The Hall–Kier alpha value is -1.68. The average Bonchev–Trinajstić information content (AvgIpc) is 3.28. The Morgan fingerprint density at radius 2 is 2.31 bits per heavy atom. The van der Waals surface area contributed by atoms with Crippen LogP contribution in [0.3, 0.4) is 0 Å². The smallest absolute Gasteiger partial charge is 0.353 e. The quantitative estimate of drug-likeness (QED) is 0.650. The fourth-order valence-electron chi connectivity index (χ4n) is 3.87. The number of carbonyl (C=O) groups excluding carboxylic acids is 1. The summed E-state index contributed by atoms with van der Waals surface area (Å²) in [6.07, 6.45) is 1.31. The molecule has 9 heteroatoms. The zero-order valence-electron chi connectivity index (χ0n) is 14.3. The van der Waals surface area contributed by atoms with Crippen LogP contribution < -0.4 is 5.32 Å². The summed E-state index contributed by atoms with van der Waals surface area (Å²) in [6, 6.07) is -0.294. The van der Waals surface area contributed by atoms with Crippen molar-refractivity contribution >= 4 is 40.5 Å². The summed E-state index contributed by atoms with van der Waals surface area (Å²) in [7, 11) is 0. The first-order chi connectivity index (χ1) is 12.4. The van der Waals surface area contributed by atoms with Gasteiger partial charge in [-0.3, -0.25) is 4.79 Å². The predicted octanol–water partition coefficient (Wildman–Crippen LogP) is 1.38. The van der Waals surface area contributed by atoms with Gasteiger partial charge in [0.25, 0.3) is 0 Å². The highest BCUT2D eigenvalue weighted by atomic mass is 32.2. The molecule has 3 aliphatic rings. The molecule has 0 unspecified atom stereocenters. The maximum atomic E-state index is 12.4. The molecular formula is C17H19N3O4S2. The van der Waals surface area contributed by atoms with Crippen LogP contribution in [0.5, 0.6) is 0 Å². The predicted molar refractivity (Wildman–Crippen MR) is 98.4 cm³/mol. The third-order valence-electron chi connectivity index (χ3n) is 5.13. The van der Waals surface area contributed by atoms with Gasteiger partial charge >= 0.3 is 5.97 Å². The standard InChI is InChI=1S/C17H19N3O4S2/c1-7-12-11(8(2)21)15(22)20(12)13(16(23)24)14(7)26-17-19-10(6-25-17)9-3-4-18-5-9/h3,6-8,11-12,18,21H,4-5H2,1-2H3,(H,23,24)/t7-,8-,11-,12-/m1/s1. The molecule has 1 amide bonds. The second-order valence-electron chi connectivity index (χ2n) is 6.73. The largest absolute Gasteiger partial charge is 0.477 e. The highest BCUT2D eigenvalue weighted by Crippen LogP contribution is 2.52. The number of hydrogen-bond donors (Lipinski definition) is 3. The zero-order valence-corrected chi connectivity index (χ0v) is 15.9. The zero-order chi connectivity index (χ0) is 18.6. The Labute approximate surface area is 158 Å². The van der Waals surface area contributed by atoms with Crippen molar-refractivity contribution < 1.29 is 19.8 Å². The highest BCUT2D eigenvalue weighted by Gasteiger charge is 2.60. The van der Waals surface area contributed by atoms with Gasteiger partial charge in [0, 0.05) is 29.3 Å². The Morgan fingerprint density at radius 3 is 2.92 bits per heavy atom. The van der Waals surface area contributed by atoms with Crippen LogP contribution in [-0.2, 0) is 9.59 Å². The first kappa shape index (κ1) is 17.7. The normalized spacial score (nSPS) is 28.9. The summed E-state index contributed by atoms with van der Waals surface area (Å²) in [6.45, 7) is 5.11. The molecule has 1 aromatic rings. The van der Waals surface area contributed by atoms with Gasteiger partial charge in [-0.15, -0.1) is 11.3 Å². The number of fused-ring (bicyclic) bond motifs is 1.